The molecule has 0 spiro atoms. The van der Waals surface area contributed by atoms with E-state index in [4.69, 9.17) is 0 Å². The van der Waals surface area contributed by atoms with E-state index in [1.54, 1.807) is 0 Å². The van der Waals surface area contributed by atoms with Crippen molar-refractivity contribution >= 4 is 22.8 Å². The number of benzene rings is 1. The molecule has 0 bridgehead atoms. The van der Waals surface area contributed by atoms with Crippen LogP contribution in [0, 0.1) is 0 Å². The molecule has 4 aromatic rings. The molecule has 1 atom stereocenters. The van der Waals surface area contributed by atoms with Crippen LogP contribution in [-0.4, -0.2) is 31.9 Å². The summed E-state index contributed by atoms with van der Waals surface area (Å²) in [6.45, 7) is 7.48. The van der Waals surface area contributed by atoms with Crippen molar-refractivity contribution in [3.8, 4) is 22.5 Å². The molecule has 0 saturated carbocycles. The number of amides is 1. The van der Waals surface area contributed by atoms with Crippen molar-refractivity contribution in [2.45, 2.75) is 19.9 Å². The van der Waals surface area contributed by atoms with Crippen LogP contribution in [-0.2, 0) is 4.79 Å². The number of aromatic nitrogens is 4. The fraction of sp³-hybridized carbons (Fsp3) is 0.103. The average molecular weight is 477 g/mol. The third kappa shape index (κ3) is 5.64. The minimum atomic E-state index is -0.223. The summed E-state index contributed by atoms with van der Waals surface area (Å²) in [6.07, 6.45) is 14.1. The molecule has 7 heteroatoms. The van der Waals surface area contributed by atoms with E-state index in [2.05, 4.69) is 37.1 Å². The van der Waals surface area contributed by atoms with Crippen LogP contribution in [0.1, 0.15) is 13.8 Å². The van der Waals surface area contributed by atoms with E-state index in [0.29, 0.717) is 5.82 Å². The first-order chi connectivity index (χ1) is 17.7. The number of allylic oxidation sites excluding steroid dienone is 3. The molecule has 180 valence electrons. The van der Waals surface area contributed by atoms with E-state index in [1.807, 2.05) is 99.0 Å². The molecule has 0 aliphatic heterocycles. The van der Waals surface area contributed by atoms with Gasteiger partial charge < -0.3 is 15.6 Å². The molecule has 1 aliphatic rings. The van der Waals surface area contributed by atoms with Gasteiger partial charge in [-0.3, -0.25) is 9.78 Å². The highest BCUT2D eigenvalue weighted by atomic mass is 16.1. The lowest BCUT2D eigenvalue weighted by Gasteiger charge is -2.08. The Morgan fingerprint density at radius 3 is 2.61 bits per heavy atom. The average Bonchev–Trinajstić information content (AvgIpc) is 3.27. The number of H-pyrrole nitrogens is 1. The molecule has 5 rings (SSSR count). The minimum absolute atomic E-state index is 0.211. The van der Waals surface area contributed by atoms with Gasteiger partial charge in [-0.15, -0.1) is 0 Å². The molecular formula is C29H28N6O. The molecule has 1 aromatic carbocycles. The number of nitrogens with one attached hydrogen (secondary N) is 3. The fourth-order valence-electron chi connectivity index (χ4n) is 3.67. The predicted molar refractivity (Wildman–Crippen MR) is 146 cm³/mol. The third-order valence-electron chi connectivity index (χ3n) is 5.40. The molecule has 0 radical (unpaired) electrons. The largest absolute Gasteiger partial charge is 0.343 e. The van der Waals surface area contributed by atoms with E-state index in [-0.39, 0.29) is 11.9 Å². The maximum absolute atomic E-state index is 11.6. The van der Waals surface area contributed by atoms with Crippen LogP contribution in [0.25, 0.3) is 33.5 Å². The van der Waals surface area contributed by atoms with E-state index in [1.165, 1.54) is 12.4 Å². The lowest BCUT2D eigenvalue weighted by molar-refractivity contribution is -0.116. The molecule has 1 unspecified atom stereocenters. The van der Waals surface area contributed by atoms with Crippen LogP contribution in [0.4, 0.5) is 5.82 Å². The lowest BCUT2D eigenvalue weighted by atomic mass is 10.1. The summed E-state index contributed by atoms with van der Waals surface area (Å²) in [5.74, 6) is 0.457. The highest BCUT2D eigenvalue weighted by Crippen LogP contribution is 2.28. The zero-order valence-corrected chi connectivity index (χ0v) is 20.3. The van der Waals surface area contributed by atoms with Gasteiger partial charge >= 0.3 is 0 Å². The van der Waals surface area contributed by atoms with Gasteiger partial charge in [-0.25, -0.2) is 9.97 Å². The first-order valence-corrected chi connectivity index (χ1v) is 11.8. The monoisotopic (exact) mass is 476 g/mol. The Hall–Kier alpha value is -4.78. The second kappa shape index (κ2) is 11.6. The first-order valence-electron chi connectivity index (χ1n) is 11.8. The van der Waals surface area contributed by atoms with Gasteiger partial charge in [0.25, 0.3) is 0 Å². The van der Waals surface area contributed by atoms with Crippen LogP contribution in [0.15, 0.2) is 110 Å². The summed E-state index contributed by atoms with van der Waals surface area (Å²) in [5, 5.41) is 7.05. The smallest absolute Gasteiger partial charge is 0.244 e. The molecule has 1 aliphatic carbocycles. The molecule has 1 amide bonds. The van der Waals surface area contributed by atoms with Crippen molar-refractivity contribution in [3.05, 3.63) is 110 Å². The number of nitrogens with zero attached hydrogens (tertiary/aromatic N) is 3. The Labute approximate surface area is 210 Å². The molecule has 36 heavy (non-hydrogen) atoms. The van der Waals surface area contributed by atoms with Gasteiger partial charge in [0.1, 0.15) is 17.8 Å². The summed E-state index contributed by atoms with van der Waals surface area (Å²) in [6, 6.07) is 15.9. The summed E-state index contributed by atoms with van der Waals surface area (Å²) < 4.78 is 0. The predicted octanol–water partition coefficient (Wildman–Crippen LogP) is 5.81. The van der Waals surface area contributed by atoms with Crippen molar-refractivity contribution in [2.75, 3.05) is 5.32 Å². The Morgan fingerprint density at radius 2 is 1.86 bits per heavy atom. The number of carbonyl (C=O) groups is 1. The van der Waals surface area contributed by atoms with Crippen LogP contribution in [0.5, 0.6) is 0 Å². The first kappa shape index (κ1) is 24.3. The standard InChI is InChI=1S/C27H22N6O.C2H6/c1-2-25(34)31-20-9-6-10-21(13-12-20)32-26-22-15-24(33-27(22)30-17-29-26)19-11-14-23(28-16-19)18-7-4-3-5-8-18;1-2/h2-17,20H,1H2,(H,31,34)(H2,29,30,32,33);1-2H3. The molecule has 3 aromatic heterocycles. The Morgan fingerprint density at radius 1 is 1.03 bits per heavy atom. The van der Waals surface area contributed by atoms with Gasteiger partial charge in [0.15, 0.2) is 0 Å². The number of hydrogen-bond acceptors (Lipinski definition) is 5. The number of carbonyl (C=O) groups excluding carboxylic acids is 1. The number of rotatable bonds is 6. The number of pyridine rings is 1. The zero-order valence-electron chi connectivity index (χ0n) is 20.3. The van der Waals surface area contributed by atoms with Crippen molar-refractivity contribution in [1.29, 1.82) is 0 Å². The van der Waals surface area contributed by atoms with Crippen LogP contribution in [0.2, 0.25) is 0 Å². The second-order valence-corrected chi connectivity index (χ2v) is 7.70. The van der Waals surface area contributed by atoms with Crippen LogP contribution in [0.3, 0.4) is 0 Å². The van der Waals surface area contributed by atoms with Crippen molar-refractivity contribution in [1.82, 2.24) is 25.3 Å². The molecule has 0 fully saturated rings. The van der Waals surface area contributed by atoms with Gasteiger partial charge in [0.05, 0.1) is 17.1 Å². The minimum Gasteiger partial charge on any atom is -0.343 e. The second-order valence-electron chi connectivity index (χ2n) is 7.70. The normalized spacial score (nSPS) is 14.3. The van der Waals surface area contributed by atoms with Crippen molar-refractivity contribution < 1.29 is 4.79 Å². The summed E-state index contributed by atoms with van der Waals surface area (Å²) in [4.78, 5) is 28.4. The van der Waals surface area contributed by atoms with Gasteiger partial charge in [-0.1, -0.05) is 69.0 Å². The highest BCUT2D eigenvalue weighted by molar-refractivity contribution is 5.92. The quantitative estimate of drug-likeness (QED) is 0.306. The molecular weight excluding hydrogens is 448 g/mol. The van der Waals surface area contributed by atoms with Crippen molar-refractivity contribution in [3.63, 3.8) is 0 Å². The number of aromatic amines is 1. The SMILES string of the molecule is C=CC(=O)NC1C=CC=C(Nc2ncnc3[nH]c(-c4ccc(-c5ccccc5)nc4)cc23)C=C1.CC. The lowest BCUT2D eigenvalue weighted by Crippen LogP contribution is -2.30. The molecule has 3 N–H and O–H groups in total. The topological polar surface area (TPSA) is 95.6 Å². The van der Waals surface area contributed by atoms with E-state index in [0.717, 1.165) is 39.2 Å². The Kier molecular flexibility index (Phi) is 7.83. The maximum atomic E-state index is 11.6. The summed E-state index contributed by atoms with van der Waals surface area (Å²) in [5.41, 5.74) is 5.43. The molecule has 7 nitrogen and oxygen atoms in total. The van der Waals surface area contributed by atoms with Crippen molar-refractivity contribution in [2.24, 2.45) is 0 Å². The maximum Gasteiger partial charge on any atom is 0.244 e. The highest BCUT2D eigenvalue weighted by Gasteiger charge is 2.12. The fourth-order valence-corrected chi connectivity index (χ4v) is 3.67. The Balaban J connectivity index is 0.00000148. The van der Waals surface area contributed by atoms with Gasteiger partial charge in [0, 0.05) is 28.7 Å². The van der Waals surface area contributed by atoms with Crippen LogP contribution < -0.4 is 10.6 Å². The summed E-state index contributed by atoms with van der Waals surface area (Å²) in [7, 11) is 0. The zero-order chi connectivity index (χ0) is 25.3. The van der Waals surface area contributed by atoms with E-state index in [9.17, 15) is 4.79 Å². The van der Waals surface area contributed by atoms with Gasteiger partial charge in [-0.05, 0) is 36.4 Å². The number of fused-ring (bicyclic) bond motifs is 1. The van der Waals surface area contributed by atoms with E-state index < -0.39 is 0 Å². The number of anilines is 1. The van der Waals surface area contributed by atoms with E-state index >= 15 is 0 Å². The third-order valence-corrected chi connectivity index (χ3v) is 5.40. The number of hydrogen-bond donors (Lipinski definition) is 3. The van der Waals surface area contributed by atoms with Crippen LogP contribution >= 0.6 is 0 Å². The van der Waals surface area contributed by atoms with Gasteiger partial charge in [-0.2, -0.15) is 0 Å². The van der Waals surface area contributed by atoms with Gasteiger partial charge in [0.2, 0.25) is 5.91 Å². The molecule has 3 heterocycles. The molecule has 0 saturated heterocycles. The summed E-state index contributed by atoms with van der Waals surface area (Å²) >= 11 is 0. The Bertz CT molecular complexity index is 1430.